The SMILES string of the molecule is CC(C)NC(=O)CC1C(=O)NCCN1Cc1ccc(-c2ccccc2)cc1. The van der Waals surface area contributed by atoms with Crippen LogP contribution in [0.4, 0.5) is 0 Å². The minimum absolute atomic E-state index is 0.0685. The summed E-state index contributed by atoms with van der Waals surface area (Å²) in [5.41, 5.74) is 3.49. The molecule has 2 aromatic rings. The number of benzene rings is 2. The van der Waals surface area contributed by atoms with Crippen molar-refractivity contribution in [2.75, 3.05) is 13.1 Å². The average Bonchev–Trinajstić information content (AvgIpc) is 2.65. The van der Waals surface area contributed by atoms with Crippen LogP contribution < -0.4 is 10.6 Å². The molecule has 1 fully saturated rings. The fraction of sp³-hybridized carbons (Fsp3) is 0.364. The third kappa shape index (κ3) is 5.17. The monoisotopic (exact) mass is 365 g/mol. The van der Waals surface area contributed by atoms with Gasteiger partial charge in [-0.3, -0.25) is 14.5 Å². The van der Waals surface area contributed by atoms with Crippen molar-refractivity contribution in [3.63, 3.8) is 0 Å². The summed E-state index contributed by atoms with van der Waals surface area (Å²) in [6.45, 7) is 5.85. The van der Waals surface area contributed by atoms with Gasteiger partial charge in [-0.05, 0) is 30.5 Å². The molecule has 27 heavy (non-hydrogen) atoms. The Hall–Kier alpha value is -2.66. The summed E-state index contributed by atoms with van der Waals surface area (Å²) in [6, 6.07) is 18.3. The van der Waals surface area contributed by atoms with Crippen molar-refractivity contribution in [1.29, 1.82) is 0 Å². The Kier molecular flexibility index (Phi) is 6.24. The van der Waals surface area contributed by atoms with Crippen LogP contribution in [0.2, 0.25) is 0 Å². The number of piperazine rings is 1. The van der Waals surface area contributed by atoms with Crippen molar-refractivity contribution < 1.29 is 9.59 Å². The van der Waals surface area contributed by atoms with Gasteiger partial charge in [0.1, 0.15) is 0 Å². The first-order valence-electron chi connectivity index (χ1n) is 9.48. The van der Waals surface area contributed by atoms with E-state index in [1.165, 1.54) is 11.1 Å². The molecule has 1 aliphatic rings. The molecule has 0 aromatic heterocycles. The second-order valence-electron chi connectivity index (χ2n) is 7.27. The van der Waals surface area contributed by atoms with Gasteiger partial charge in [-0.25, -0.2) is 0 Å². The number of nitrogens with one attached hydrogen (secondary N) is 2. The van der Waals surface area contributed by atoms with E-state index in [9.17, 15) is 9.59 Å². The molecule has 142 valence electrons. The zero-order valence-electron chi connectivity index (χ0n) is 15.9. The summed E-state index contributed by atoms with van der Waals surface area (Å²) in [4.78, 5) is 26.6. The largest absolute Gasteiger partial charge is 0.354 e. The average molecular weight is 365 g/mol. The highest BCUT2D eigenvalue weighted by atomic mass is 16.2. The first kappa shape index (κ1) is 19.1. The van der Waals surface area contributed by atoms with Gasteiger partial charge in [-0.2, -0.15) is 0 Å². The number of carbonyl (C=O) groups excluding carboxylic acids is 2. The molecular weight excluding hydrogens is 338 g/mol. The van der Waals surface area contributed by atoms with Gasteiger partial charge in [0, 0.05) is 25.7 Å². The summed E-state index contributed by atoms with van der Waals surface area (Å²) in [5, 5.41) is 5.75. The van der Waals surface area contributed by atoms with Crippen LogP contribution in [-0.4, -0.2) is 41.9 Å². The molecule has 0 aliphatic carbocycles. The number of hydrogen-bond donors (Lipinski definition) is 2. The molecule has 5 nitrogen and oxygen atoms in total. The molecule has 5 heteroatoms. The third-order valence-corrected chi connectivity index (χ3v) is 4.72. The molecular formula is C22H27N3O2. The van der Waals surface area contributed by atoms with Crippen molar-refractivity contribution in [3.8, 4) is 11.1 Å². The lowest BCUT2D eigenvalue weighted by molar-refractivity contribution is -0.134. The normalized spacial score (nSPS) is 17.6. The molecule has 2 N–H and O–H groups in total. The van der Waals surface area contributed by atoms with E-state index in [4.69, 9.17) is 0 Å². The molecule has 1 heterocycles. The summed E-state index contributed by atoms with van der Waals surface area (Å²) in [5.74, 6) is -0.155. The van der Waals surface area contributed by atoms with Crippen molar-refractivity contribution in [3.05, 3.63) is 60.2 Å². The Morgan fingerprint density at radius 1 is 1.11 bits per heavy atom. The summed E-state index contributed by atoms with van der Waals surface area (Å²) >= 11 is 0. The molecule has 2 amide bonds. The smallest absolute Gasteiger partial charge is 0.237 e. The van der Waals surface area contributed by atoms with E-state index in [2.05, 4.69) is 51.9 Å². The molecule has 0 radical (unpaired) electrons. The maximum absolute atomic E-state index is 12.3. The predicted octanol–water partition coefficient (Wildman–Crippen LogP) is 2.57. The van der Waals surface area contributed by atoms with Crippen LogP contribution in [0.5, 0.6) is 0 Å². The predicted molar refractivity (Wildman–Crippen MR) is 107 cm³/mol. The van der Waals surface area contributed by atoms with Crippen molar-refractivity contribution in [2.45, 2.75) is 38.9 Å². The van der Waals surface area contributed by atoms with Gasteiger partial charge < -0.3 is 10.6 Å². The van der Waals surface area contributed by atoms with E-state index in [-0.39, 0.29) is 24.3 Å². The zero-order chi connectivity index (χ0) is 19.2. The minimum atomic E-state index is -0.425. The quantitative estimate of drug-likeness (QED) is 0.827. The van der Waals surface area contributed by atoms with E-state index in [0.717, 1.165) is 12.1 Å². The molecule has 2 aromatic carbocycles. The van der Waals surface area contributed by atoms with Crippen LogP contribution in [0.1, 0.15) is 25.8 Å². The zero-order valence-corrected chi connectivity index (χ0v) is 15.9. The first-order chi connectivity index (χ1) is 13.0. The minimum Gasteiger partial charge on any atom is -0.354 e. The lowest BCUT2D eigenvalue weighted by Crippen LogP contribution is -2.56. The van der Waals surface area contributed by atoms with E-state index >= 15 is 0 Å². The van der Waals surface area contributed by atoms with Crippen molar-refractivity contribution >= 4 is 11.8 Å². The van der Waals surface area contributed by atoms with E-state index in [1.54, 1.807) is 0 Å². The Labute approximate surface area is 160 Å². The van der Waals surface area contributed by atoms with Gasteiger partial charge in [0.2, 0.25) is 11.8 Å². The van der Waals surface area contributed by atoms with Crippen LogP contribution in [0.25, 0.3) is 11.1 Å². The van der Waals surface area contributed by atoms with Gasteiger partial charge in [0.05, 0.1) is 12.5 Å². The van der Waals surface area contributed by atoms with Crippen LogP contribution in [0, 0.1) is 0 Å². The van der Waals surface area contributed by atoms with Crippen LogP contribution in [-0.2, 0) is 16.1 Å². The number of carbonyl (C=O) groups is 2. The Balaban J connectivity index is 1.68. The summed E-state index contributed by atoms with van der Waals surface area (Å²) in [7, 11) is 0. The fourth-order valence-electron chi connectivity index (χ4n) is 3.40. The number of rotatable bonds is 6. The molecule has 1 saturated heterocycles. The highest BCUT2D eigenvalue weighted by molar-refractivity contribution is 5.88. The Bertz CT molecular complexity index is 772. The van der Waals surface area contributed by atoms with Crippen molar-refractivity contribution in [1.82, 2.24) is 15.5 Å². The molecule has 0 bridgehead atoms. The van der Waals surface area contributed by atoms with Gasteiger partial charge >= 0.3 is 0 Å². The number of amides is 2. The van der Waals surface area contributed by atoms with Crippen LogP contribution in [0.3, 0.4) is 0 Å². The lowest BCUT2D eigenvalue weighted by Gasteiger charge is -2.34. The van der Waals surface area contributed by atoms with E-state index in [1.807, 2.05) is 32.0 Å². The standard InChI is InChI=1S/C22H27N3O2/c1-16(2)24-21(26)14-20-22(27)23-12-13-25(20)15-17-8-10-19(11-9-17)18-6-4-3-5-7-18/h3-11,16,20H,12-15H2,1-2H3,(H,23,27)(H,24,26). The first-order valence-corrected chi connectivity index (χ1v) is 9.48. The second-order valence-corrected chi connectivity index (χ2v) is 7.27. The van der Waals surface area contributed by atoms with Gasteiger partial charge in [0.15, 0.2) is 0 Å². The van der Waals surface area contributed by atoms with Gasteiger partial charge in [-0.1, -0.05) is 54.6 Å². The van der Waals surface area contributed by atoms with E-state index in [0.29, 0.717) is 13.1 Å². The topological polar surface area (TPSA) is 61.4 Å². The van der Waals surface area contributed by atoms with E-state index < -0.39 is 6.04 Å². The Morgan fingerprint density at radius 2 is 1.78 bits per heavy atom. The highest BCUT2D eigenvalue weighted by Crippen LogP contribution is 2.21. The molecule has 1 aliphatic heterocycles. The van der Waals surface area contributed by atoms with Gasteiger partial charge in [0.25, 0.3) is 0 Å². The molecule has 0 spiro atoms. The number of hydrogen-bond acceptors (Lipinski definition) is 3. The lowest BCUT2D eigenvalue weighted by atomic mass is 10.0. The third-order valence-electron chi connectivity index (χ3n) is 4.72. The summed E-state index contributed by atoms with van der Waals surface area (Å²) in [6.07, 6.45) is 0.187. The number of nitrogens with zero attached hydrogens (tertiary/aromatic N) is 1. The molecule has 1 unspecified atom stereocenters. The second kappa shape index (κ2) is 8.82. The maximum atomic E-state index is 12.3. The molecule has 3 rings (SSSR count). The highest BCUT2D eigenvalue weighted by Gasteiger charge is 2.31. The van der Waals surface area contributed by atoms with Gasteiger partial charge in [-0.15, -0.1) is 0 Å². The Morgan fingerprint density at radius 3 is 2.44 bits per heavy atom. The van der Waals surface area contributed by atoms with Crippen molar-refractivity contribution in [2.24, 2.45) is 0 Å². The molecule has 0 saturated carbocycles. The summed E-state index contributed by atoms with van der Waals surface area (Å²) < 4.78 is 0. The van der Waals surface area contributed by atoms with Crippen LogP contribution in [0.15, 0.2) is 54.6 Å². The molecule has 1 atom stereocenters. The van der Waals surface area contributed by atoms with Crippen LogP contribution >= 0.6 is 0 Å². The fourth-order valence-corrected chi connectivity index (χ4v) is 3.40. The maximum Gasteiger partial charge on any atom is 0.237 e.